The van der Waals surface area contributed by atoms with Crippen molar-refractivity contribution in [2.75, 3.05) is 24.6 Å². The van der Waals surface area contributed by atoms with Crippen molar-refractivity contribution in [2.45, 2.75) is 12.6 Å². The highest BCUT2D eigenvalue weighted by Gasteiger charge is 2.32. The van der Waals surface area contributed by atoms with Crippen LogP contribution in [0.25, 0.3) is 0 Å². The van der Waals surface area contributed by atoms with Crippen molar-refractivity contribution in [3.63, 3.8) is 0 Å². The summed E-state index contributed by atoms with van der Waals surface area (Å²) in [6.45, 7) is 1.53. The monoisotopic (exact) mass is 341 g/mol. The first-order chi connectivity index (χ1) is 11.4. The molecule has 1 unspecified atom stereocenters. The van der Waals surface area contributed by atoms with E-state index in [1.165, 1.54) is 18.3 Å². The molecule has 0 saturated carbocycles. The zero-order chi connectivity index (χ0) is 17.2. The molecule has 24 heavy (non-hydrogen) atoms. The fourth-order valence-corrected chi connectivity index (χ4v) is 2.60. The summed E-state index contributed by atoms with van der Waals surface area (Å²) >= 11 is 0. The predicted octanol–water partition coefficient (Wildman–Crippen LogP) is 3.54. The minimum atomic E-state index is -4.38. The van der Waals surface area contributed by atoms with Crippen LogP contribution in [0, 0.1) is 11.7 Å². The zero-order valence-electron chi connectivity index (χ0n) is 12.6. The molecule has 0 amide bonds. The number of anilines is 1. The molecule has 0 spiro atoms. The lowest BCUT2D eigenvalue weighted by Crippen LogP contribution is -2.23. The van der Waals surface area contributed by atoms with E-state index in [-0.39, 0.29) is 5.92 Å². The number of ether oxygens (including phenoxy) is 1. The van der Waals surface area contributed by atoms with E-state index in [1.54, 1.807) is 4.90 Å². The minimum absolute atomic E-state index is 0.146. The van der Waals surface area contributed by atoms with Gasteiger partial charge in [-0.3, -0.25) is 0 Å². The van der Waals surface area contributed by atoms with Gasteiger partial charge in [0, 0.05) is 31.3 Å². The number of hydrogen-bond acceptors (Lipinski definition) is 4. The van der Waals surface area contributed by atoms with E-state index < -0.39 is 17.6 Å². The molecule has 2 aromatic rings. The normalized spacial score (nSPS) is 18.0. The van der Waals surface area contributed by atoms with Crippen LogP contribution in [0.15, 0.2) is 36.7 Å². The second-order valence-electron chi connectivity index (χ2n) is 5.63. The Balaban J connectivity index is 1.58. The second-order valence-corrected chi connectivity index (χ2v) is 5.63. The van der Waals surface area contributed by atoms with Crippen molar-refractivity contribution < 1.29 is 22.3 Å². The standard InChI is InChI=1S/C16H15F4N3O/c17-13-1-2-15(22-8-13)24-10-11-4-6-23(9-11)14-7-12(3-5-21-14)16(18,19)20/h1-3,5,7-8,11H,4,6,9-10H2. The van der Waals surface area contributed by atoms with Crippen LogP contribution in [0.2, 0.25) is 0 Å². The third-order valence-corrected chi connectivity index (χ3v) is 3.85. The van der Waals surface area contributed by atoms with Crippen molar-refractivity contribution in [2.24, 2.45) is 5.92 Å². The van der Waals surface area contributed by atoms with Gasteiger partial charge in [0.05, 0.1) is 18.4 Å². The van der Waals surface area contributed by atoms with Gasteiger partial charge in [0.25, 0.3) is 0 Å². The van der Waals surface area contributed by atoms with Gasteiger partial charge in [-0.15, -0.1) is 0 Å². The van der Waals surface area contributed by atoms with Gasteiger partial charge in [-0.25, -0.2) is 14.4 Å². The SMILES string of the molecule is Fc1ccc(OCC2CCN(c3cc(C(F)(F)F)ccn3)C2)nc1. The first-order valence-corrected chi connectivity index (χ1v) is 7.44. The highest BCUT2D eigenvalue weighted by molar-refractivity contribution is 5.42. The van der Waals surface area contributed by atoms with E-state index in [9.17, 15) is 17.6 Å². The summed E-state index contributed by atoms with van der Waals surface area (Å²) in [7, 11) is 0. The lowest BCUT2D eigenvalue weighted by atomic mass is 10.1. The molecule has 0 N–H and O–H groups in total. The first-order valence-electron chi connectivity index (χ1n) is 7.44. The second kappa shape index (κ2) is 6.62. The van der Waals surface area contributed by atoms with Crippen molar-refractivity contribution in [1.82, 2.24) is 9.97 Å². The Kier molecular flexibility index (Phi) is 4.55. The van der Waals surface area contributed by atoms with E-state index in [1.807, 2.05) is 0 Å². The number of rotatable bonds is 4. The molecule has 1 saturated heterocycles. The molecule has 1 aliphatic heterocycles. The van der Waals surface area contributed by atoms with Gasteiger partial charge < -0.3 is 9.64 Å². The summed E-state index contributed by atoms with van der Waals surface area (Å²) in [5.74, 6) is 0.345. The fourth-order valence-electron chi connectivity index (χ4n) is 2.60. The largest absolute Gasteiger partial charge is 0.477 e. The molecule has 0 bridgehead atoms. The van der Waals surface area contributed by atoms with Crippen LogP contribution >= 0.6 is 0 Å². The van der Waals surface area contributed by atoms with Crippen LogP contribution < -0.4 is 9.64 Å². The Morgan fingerprint density at radius 2 is 2.04 bits per heavy atom. The summed E-state index contributed by atoms with van der Waals surface area (Å²) in [5.41, 5.74) is -0.706. The van der Waals surface area contributed by atoms with Crippen LogP contribution in [-0.4, -0.2) is 29.7 Å². The number of alkyl halides is 3. The van der Waals surface area contributed by atoms with Gasteiger partial charge in [0.15, 0.2) is 0 Å². The maximum Gasteiger partial charge on any atom is 0.416 e. The van der Waals surface area contributed by atoms with Crippen molar-refractivity contribution >= 4 is 5.82 Å². The predicted molar refractivity (Wildman–Crippen MR) is 79.2 cm³/mol. The van der Waals surface area contributed by atoms with Crippen molar-refractivity contribution in [1.29, 1.82) is 0 Å². The Bertz CT molecular complexity index is 690. The van der Waals surface area contributed by atoms with Gasteiger partial charge in [0.2, 0.25) is 5.88 Å². The van der Waals surface area contributed by atoms with Crippen LogP contribution in [-0.2, 0) is 6.18 Å². The Hall–Kier alpha value is -2.38. The van der Waals surface area contributed by atoms with E-state index >= 15 is 0 Å². The van der Waals surface area contributed by atoms with Crippen molar-refractivity contribution in [3.8, 4) is 5.88 Å². The van der Waals surface area contributed by atoms with Crippen molar-refractivity contribution in [3.05, 3.63) is 48.0 Å². The molecule has 3 heterocycles. The van der Waals surface area contributed by atoms with Crippen LogP contribution in [0.5, 0.6) is 5.88 Å². The lowest BCUT2D eigenvalue weighted by molar-refractivity contribution is -0.137. The number of hydrogen-bond donors (Lipinski definition) is 0. The smallest absolute Gasteiger partial charge is 0.416 e. The van der Waals surface area contributed by atoms with Crippen LogP contribution in [0.4, 0.5) is 23.4 Å². The number of aromatic nitrogens is 2. The topological polar surface area (TPSA) is 38.2 Å². The number of pyridine rings is 2. The molecule has 8 heteroatoms. The average Bonchev–Trinajstić information content (AvgIpc) is 3.03. The van der Waals surface area contributed by atoms with E-state index in [4.69, 9.17) is 4.74 Å². The molecule has 0 aliphatic carbocycles. The lowest BCUT2D eigenvalue weighted by Gasteiger charge is -2.19. The molecule has 128 valence electrons. The molecule has 3 rings (SSSR count). The Morgan fingerprint density at radius 3 is 2.75 bits per heavy atom. The van der Waals surface area contributed by atoms with E-state index in [0.717, 1.165) is 24.8 Å². The summed E-state index contributed by atoms with van der Waals surface area (Å²) in [6, 6.07) is 4.72. The number of halogens is 4. The molecular formula is C16H15F4N3O. The third kappa shape index (κ3) is 3.93. The third-order valence-electron chi connectivity index (χ3n) is 3.85. The van der Waals surface area contributed by atoms with Gasteiger partial charge in [-0.05, 0) is 24.6 Å². The summed E-state index contributed by atoms with van der Waals surface area (Å²) in [6.07, 6.45) is -1.36. The molecule has 0 radical (unpaired) electrons. The Labute approximate surface area is 136 Å². The van der Waals surface area contributed by atoms with Gasteiger partial charge in [-0.2, -0.15) is 13.2 Å². The maximum atomic E-state index is 12.8. The van der Waals surface area contributed by atoms with Crippen LogP contribution in [0.1, 0.15) is 12.0 Å². The highest BCUT2D eigenvalue weighted by atomic mass is 19.4. The average molecular weight is 341 g/mol. The molecule has 4 nitrogen and oxygen atoms in total. The van der Waals surface area contributed by atoms with Crippen LogP contribution in [0.3, 0.4) is 0 Å². The van der Waals surface area contributed by atoms with Gasteiger partial charge in [-0.1, -0.05) is 0 Å². The summed E-state index contributed by atoms with van der Waals surface area (Å²) < 4.78 is 56.6. The highest BCUT2D eigenvalue weighted by Crippen LogP contribution is 2.32. The van der Waals surface area contributed by atoms with Gasteiger partial charge >= 0.3 is 6.18 Å². The van der Waals surface area contributed by atoms with Gasteiger partial charge in [0.1, 0.15) is 11.6 Å². The summed E-state index contributed by atoms with van der Waals surface area (Å²) in [5, 5.41) is 0. The minimum Gasteiger partial charge on any atom is -0.477 e. The number of nitrogens with zero attached hydrogens (tertiary/aromatic N) is 3. The maximum absolute atomic E-state index is 12.8. The van der Waals surface area contributed by atoms with E-state index in [2.05, 4.69) is 9.97 Å². The first kappa shape index (κ1) is 16.5. The summed E-state index contributed by atoms with van der Waals surface area (Å²) in [4.78, 5) is 9.64. The molecule has 2 aromatic heterocycles. The molecule has 1 atom stereocenters. The molecular weight excluding hydrogens is 326 g/mol. The fraction of sp³-hybridized carbons (Fsp3) is 0.375. The quantitative estimate of drug-likeness (QED) is 0.798. The molecule has 1 fully saturated rings. The molecule has 0 aromatic carbocycles. The zero-order valence-corrected chi connectivity index (χ0v) is 12.6. The molecule has 1 aliphatic rings. The van der Waals surface area contributed by atoms with E-state index in [0.29, 0.717) is 31.4 Å². The Morgan fingerprint density at radius 1 is 1.21 bits per heavy atom.